The summed E-state index contributed by atoms with van der Waals surface area (Å²) in [7, 11) is 0. The minimum Gasteiger partial charge on any atom is -0.142 e. The van der Waals surface area contributed by atoms with Gasteiger partial charge in [-0.3, -0.25) is 0 Å². The van der Waals surface area contributed by atoms with Gasteiger partial charge in [0.25, 0.3) is 0 Å². The van der Waals surface area contributed by atoms with Crippen molar-refractivity contribution in [3.8, 4) is 0 Å². The zero-order valence-electron chi connectivity index (χ0n) is 7.51. The maximum absolute atomic E-state index is 6.07. The number of alkyl halides is 1. The molecule has 0 amide bonds. The first-order valence-electron chi connectivity index (χ1n) is 4.06. The van der Waals surface area contributed by atoms with E-state index in [-0.39, 0.29) is 0 Å². The lowest BCUT2D eigenvalue weighted by Gasteiger charge is -2.04. The standard InChI is InChI=1S/C10H8Cl2S2/c1-13-9-3-7-8(12)5-14-10(7)2-6(9)4-11/h2-3,5H,4H2,1H3. The van der Waals surface area contributed by atoms with Gasteiger partial charge in [0.05, 0.1) is 5.02 Å². The smallest absolute Gasteiger partial charge is 0.0592 e. The van der Waals surface area contributed by atoms with E-state index in [0.29, 0.717) is 5.88 Å². The van der Waals surface area contributed by atoms with E-state index in [2.05, 4.69) is 18.4 Å². The van der Waals surface area contributed by atoms with E-state index in [4.69, 9.17) is 23.2 Å². The third-order valence-corrected chi connectivity index (χ3v) is 4.57. The van der Waals surface area contributed by atoms with Crippen LogP contribution in [0.3, 0.4) is 0 Å². The second-order valence-electron chi connectivity index (χ2n) is 2.88. The maximum Gasteiger partial charge on any atom is 0.0592 e. The van der Waals surface area contributed by atoms with Crippen LogP contribution in [0, 0.1) is 0 Å². The van der Waals surface area contributed by atoms with Gasteiger partial charge in [-0.05, 0) is 24.0 Å². The highest BCUT2D eigenvalue weighted by Crippen LogP contribution is 2.35. The largest absolute Gasteiger partial charge is 0.142 e. The molecule has 14 heavy (non-hydrogen) atoms. The van der Waals surface area contributed by atoms with Crippen molar-refractivity contribution in [1.29, 1.82) is 0 Å². The fourth-order valence-electron chi connectivity index (χ4n) is 1.36. The number of thiophene rings is 1. The van der Waals surface area contributed by atoms with E-state index in [1.165, 1.54) is 15.2 Å². The monoisotopic (exact) mass is 262 g/mol. The summed E-state index contributed by atoms with van der Waals surface area (Å²) in [5.74, 6) is 0.557. The predicted octanol–water partition coefficient (Wildman–Crippen LogP) is 5.02. The first kappa shape index (κ1) is 10.6. The summed E-state index contributed by atoms with van der Waals surface area (Å²) in [5.41, 5.74) is 1.19. The molecule has 0 spiro atoms. The molecule has 0 unspecified atom stereocenters. The zero-order valence-corrected chi connectivity index (χ0v) is 10.7. The Morgan fingerprint density at radius 3 is 2.86 bits per heavy atom. The van der Waals surface area contributed by atoms with Crippen LogP contribution in [0.15, 0.2) is 22.4 Å². The van der Waals surface area contributed by atoms with Gasteiger partial charge in [0.2, 0.25) is 0 Å². The van der Waals surface area contributed by atoms with Crippen molar-refractivity contribution in [1.82, 2.24) is 0 Å². The molecule has 1 aromatic carbocycles. The Morgan fingerprint density at radius 2 is 2.21 bits per heavy atom. The molecule has 0 N–H and O–H groups in total. The third kappa shape index (κ3) is 1.76. The van der Waals surface area contributed by atoms with Crippen molar-refractivity contribution in [2.24, 2.45) is 0 Å². The maximum atomic E-state index is 6.07. The fraction of sp³-hybridized carbons (Fsp3) is 0.200. The Hall–Kier alpha value is 0.110. The predicted molar refractivity (Wildman–Crippen MR) is 68.2 cm³/mol. The number of halogens is 2. The summed E-state index contributed by atoms with van der Waals surface area (Å²) >= 11 is 15.3. The molecule has 2 rings (SSSR count). The molecule has 0 aliphatic rings. The summed E-state index contributed by atoms with van der Waals surface area (Å²) in [6, 6.07) is 4.25. The lowest BCUT2D eigenvalue weighted by molar-refractivity contribution is 1.29. The molecule has 0 atom stereocenters. The van der Waals surface area contributed by atoms with E-state index in [9.17, 15) is 0 Å². The van der Waals surface area contributed by atoms with Crippen molar-refractivity contribution in [2.45, 2.75) is 10.8 Å². The van der Waals surface area contributed by atoms with E-state index >= 15 is 0 Å². The normalized spacial score (nSPS) is 11.1. The summed E-state index contributed by atoms with van der Waals surface area (Å²) < 4.78 is 1.21. The van der Waals surface area contributed by atoms with Gasteiger partial charge in [-0.2, -0.15) is 0 Å². The number of rotatable bonds is 2. The summed E-state index contributed by atoms with van der Waals surface area (Å²) in [5, 5.41) is 3.94. The van der Waals surface area contributed by atoms with Crippen molar-refractivity contribution < 1.29 is 0 Å². The van der Waals surface area contributed by atoms with Gasteiger partial charge in [0, 0.05) is 26.2 Å². The Kier molecular flexibility index (Phi) is 3.27. The first-order chi connectivity index (χ1) is 6.76. The van der Waals surface area contributed by atoms with Gasteiger partial charge >= 0.3 is 0 Å². The average Bonchev–Trinajstić information content (AvgIpc) is 2.58. The van der Waals surface area contributed by atoms with Gasteiger partial charge in [0.15, 0.2) is 0 Å². The molecule has 0 aliphatic carbocycles. The van der Waals surface area contributed by atoms with Crippen LogP contribution in [0.5, 0.6) is 0 Å². The minimum absolute atomic E-state index is 0.557. The second kappa shape index (κ2) is 4.31. The Bertz CT molecular complexity index is 462. The van der Waals surface area contributed by atoms with Crippen LogP contribution < -0.4 is 0 Å². The molecule has 2 aromatic rings. The van der Waals surface area contributed by atoms with Gasteiger partial charge in [-0.25, -0.2) is 0 Å². The highest BCUT2D eigenvalue weighted by Gasteiger charge is 2.07. The van der Waals surface area contributed by atoms with Crippen molar-refractivity contribution in [2.75, 3.05) is 6.26 Å². The topological polar surface area (TPSA) is 0 Å². The number of fused-ring (bicyclic) bond motifs is 1. The van der Waals surface area contributed by atoms with Crippen LogP contribution in [-0.2, 0) is 5.88 Å². The van der Waals surface area contributed by atoms with Gasteiger partial charge in [-0.1, -0.05) is 11.6 Å². The fourth-order valence-corrected chi connectivity index (χ4v) is 3.50. The third-order valence-electron chi connectivity index (χ3n) is 2.07. The van der Waals surface area contributed by atoms with Crippen LogP contribution in [0.25, 0.3) is 10.1 Å². The SMILES string of the molecule is CSc1cc2c(Cl)csc2cc1CCl. The highest BCUT2D eigenvalue weighted by atomic mass is 35.5. The van der Waals surface area contributed by atoms with Gasteiger partial charge < -0.3 is 0 Å². The molecule has 0 bridgehead atoms. The average molecular weight is 263 g/mol. The van der Waals surface area contributed by atoms with E-state index in [0.717, 1.165) is 10.4 Å². The van der Waals surface area contributed by atoms with Crippen LogP contribution in [-0.4, -0.2) is 6.26 Å². The molecular formula is C10H8Cl2S2. The molecule has 0 fully saturated rings. The summed E-state index contributed by atoms with van der Waals surface area (Å²) in [6.45, 7) is 0. The first-order valence-corrected chi connectivity index (χ1v) is 7.07. The molecule has 4 heteroatoms. The van der Waals surface area contributed by atoms with Crippen LogP contribution in [0.1, 0.15) is 5.56 Å². The lowest BCUT2D eigenvalue weighted by Crippen LogP contribution is -1.82. The van der Waals surface area contributed by atoms with E-state index < -0.39 is 0 Å². The Morgan fingerprint density at radius 1 is 1.43 bits per heavy atom. The molecule has 0 saturated carbocycles. The van der Waals surface area contributed by atoms with E-state index in [1.54, 1.807) is 23.1 Å². The Balaban J connectivity index is 2.71. The van der Waals surface area contributed by atoms with Crippen LogP contribution in [0.4, 0.5) is 0 Å². The van der Waals surface area contributed by atoms with Gasteiger partial charge in [0.1, 0.15) is 0 Å². The number of thioether (sulfide) groups is 1. The number of hydrogen-bond acceptors (Lipinski definition) is 2. The van der Waals surface area contributed by atoms with Crippen molar-refractivity contribution >= 4 is 56.4 Å². The number of hydrogen-bond donors (Lipinski definition) is 0. The summed E-state index contributed by atoms with van der Waals surface area (Å²) in [6.07, 6.45) is 2.05. The molecule has 74 valence electrons. The van der Waals surface area contributed by atoms with Crippen LogP contribution >= 0.6 is 46.3 Å². The molecule has 1 heterocycles. The highest BCUT2D eigenvalue weighted by molar-refractivity contribution is 7.98. The van der Waals surface area contributed by atoms with Crippen molar-refractivity contribution in [3.63, 3.8) is 0 Å². The lowest BCUT2D eigenvalue weighted by atomic mass is 10.2. The zero-order chi connectivity index (χ0) is 10.1. The minimum atomic E-state index is 0.557. The Labute approximate surface area is 101 Å². The molecule has 0 nitrogen and oxygen atoms in total. The molecule has 0 saturated heterocycles. The summed E-state index contributed by atoms with van der Waals surface area (Å²) in [4.78, 5) is 1.22. The molecular weight excluding hydrogens is 255 g/mol. The van der Waals surface area contributed by atoms with Crippen molar-refractivity contribution in [3.05, 3.63) is 28.1 Å². The van der Waals surface area contributed by atoms with Crippen LogP contribution in [0.2, 0.25) is 5.02 Å². The molecule has 0 radical (unpaired) electrons. The molecule has 1 aromatic heterocycles. The van der Waals surface area contributed by atoms with E-state index in [1.807, 2.05) is 5.38 Å². The number of benzene rings is 1. The second-order valence-corrected chi connectivity index (χ2v) is 5.31. The molecule has 0 aliphatic heterocycles. The quantitative estimate of drug-likeness (QED) is 0.541. The van der Waals surface area contributed by atoms with Gasteiger partial charge in [-0.15, -0.1) is 34.7 Å².